The van der Waals surface area contributed by atoms with Crippen LogP contribution in [0.3, 0.4) is 0 Å². The number of carbonyl (C=O) groups is 3. The molecule has 3 heterocycles. The van der Waals surface area contributed by atoms with Gasteiger partial charge in [0.15, 0.2) is 0 Å². The number of piperidine rings is 1. The van der Waals surface area contributed by atoms with Crippen molar-refractivity contribution in [2.24, 2.45) is 0 Å². The molecule has 0 spiro atoms. The van der Waals surface area contributed by atoms with Crippen molar-refractivity contribution >= 4 is 40.7 Å². The molecular formula is C27H29ClN4O5S. The maximum absolute atomic E-state index is 13.0. The van der Waals surface area contributed by atoms with Crippen molar-refractivity contribution in [3.63, 3.8) is 0 Å². The van der Waals surface area contributed by atoms with Crippen LogP contribution in [0.5, 0.6) is 0 Å². The molecule has 1 aliphatic heterocycles. The summed E-state index contributed by atoms with van der Waals surface area (Å²) in [7, 11) is 0. The molecule has 9 nitrogen and oxygen atoms in total. The van der Waals surface area contributed by atoms with Crippen molar-refractivity contribution in [2.75, 3.05) is 32.8 Å². The molecular weight excluding hydrogens is 528 g/mol. The molecule has 1 aliphatic rings. The quantitative estimate of drug-likeness (QED) is 0.353. The SMILES string of the molecule is O=C(NC(CNC(=O)c1ccc(Cl)s1)COCCN1CCCCC1=O)c1ccc(-n2ccccc2=O)cc1. The second kappa shape index (κ2) is 13.4. The third-order valence-corrected chi connectivity index (χ3v) is 7.35. The van der Waals surface area contributed by atoms with E-state index in [0.29, 0.717) is 40.0 Å². The molecule has 0 bridgehead atoms. The van der Waals surface area contributed by atoms with Gasteiger partial charge in [0, 0.05) is 49.6 Å². The van der Waals surface area contributed by atoms with E-state index in [4.69, 9.17) is 16.3 Å². The minimum Gasteiger partial charge on any atom is -0.377 e. The maximum atomic E-state index is 13.0. The fourth-order valence-corrected chi connectivity index (χ4v) is 5.03. The fourth-order valence-electron chi connectivity index (χ4n) is 4.07. The molecule has 2 N–H and O–H groups in total. The molecule has 0 aliphatic carbocycles. The number of nitrogens with zero attached hydrogens (tertiary/aromatic N) is 2. The highest BCUT2D eigenvalue weighted by Crippen LogP contribution is 2.21. The van der Waals surface area contributed by atoms with Gasteiger partial charge in [-0.3, -0.25) is 23.7 Å². The zero-order chi connectivity index (χ0) is 26.9. The predicted molar refractivity (Wildman–Crippen MR) is 146 cm³/mol. The van der Waals surface area contributed by atoms with Gasteiger partial charge < -0.3 is 20.3 Å². The number of benzene rings is 1. The Morgan fingerprint density at radius 2 is 1.84 bits per heavy atom. The lowest BCUT2D eigenvalue weighted by Crippen LogP contribution is -2.46. The number of amides is 3. The average molecular weight is 557 g/mol. The molecule has 2 aromatic heterocycles. The summed E-state index contributed by atoms with van der Waals surface area (Å²) in [5.41, 5.74) is 0.870. The Balaban J connectivity index is 1.36. The topological polar surface area (TPSA) is 110 Å². The summed E-state index contributed by atoms with van der Waals surface area (Å²) in [5.74, 6) is -0.504. The molecule has 200 valence electrons. The molecule has 11 heteroatoms. The van der Waals surface area contributed by atoms with E-state index in [1.165, 1.54) is 22.0 Å². The number of hydrogen-bond acceptors (Lipinski definition) is 6. The summed E-state index contributed by atoms with van der Waals surface area (Å²) in [6.07, 6.45) is 4.13. The zero-order valence-corrected chi connectivity index (χ0v) is 22.3. The molecule has 1 unspecified atom stereocenters. The van der Waals surface area contributed by atoms with Crippen LogP contribution in [0.1, 0.15) is 39.3 Å². The fraction of sp³-hybridized carbons (Fsp3) is 0.333. The summed E-state index contributed by atoms with van der Waals surface area (Å²) in [6, 6.07) is 14.3. The van der Waals surface area contributed by atoms with E-state index in [1.807, 2.05) is 0 Å². The number of hydrogen-bond donors (Lipinski definition) is 2. The van der Waals surface area contributed by atoms with Crippen LogP contribution in [0, 0.1) is 0 Å². The van der Waals surface area contributed by atoms with Gasteiger partial charge in [0.2, 0.25) is 5.91 Å². The average Bonchev–Trinajstić information content (AvgIpc) is 3.37. The summed E-state index contributed by atoms with van der Waals surface area (Å²) < 4.78 is 7.79. The molecule has 38 heavy (non-hydrogen) atoms. The number of aromatic nitrogens is 1. The van der Waals surface area contributed by atoms with E-state index in [1.54, 1.807) is 59.6 Å². The van der Waals surface area contributed by atoms with Gasteiger partial charge in [-0.15, -0.1) is 11.3 Å². The highest BCUT2D eigenvalue weighted by molar-refractivity contribution is 7.18. The lowest BCUT2D eigenvalue weighted by Gasteiger charge is -2.27. The minimum absolute atomic E-state index is 0.132. The number of ether oxygens (including phenoxy) is 1. The summed E-state index contributed by atoms with van der Waals surface area (Å²) in [5, 5.41) is 5.73. The number of thiophene rings is 1. The standard InChI is InChI=1S/C27H29ClN4O5S/c28-23-12-11-22(38-23)27(36)29-17-20(18-37-16-15-31-13-3-1-5-24(31)33)30-26(35)19-7-9-21(10-8-19)32-14-4-2-6-25(32)34/h2,4,6-12,14,20H,1,3,5,13,15-18H2,(H,29,36)(H,30,35). The molecule has 0 radical (unpaired) electrons. The maximum Gasteiger partial charge on any atom is 0.261 e. The van der Waals surface area contributed by atoms with Gasteiger partial charge in [-0.2, -0.15) is 0 Å². The van der Waals surface area contributed by atoms with Crippen LogP contribution in [-0.2, 0) is 9.53 Å². The number of likely N-dealkylation sites (tertiary alicyclic amines) is 1. The first-order valence-electron chi connectivity index (χ1n) is 12.4. The van der Waals surface area contributed by atoms with E-state index in [-0.39, 0.29) is 36.4 Å². The van der Waals surface area contributed by atoms with Gasteiger partial charge in [-0.25, -0.2) is 0 Å². The van der Waals surface area contributed by atoms with E-state index in [9.17, 15) is 19.2 Å². The Labute approximate surface area is 229 Å². The second-order valence-corrected chi connectivity index (χ2v) is 10.6. The zero-order valence-electron chi connectivity index (χ0n) is 20.7. The third-order valence-electron chi connectivity index (χ3n) is 6.12. The normalized spacial score (nSPS) is 14.2. The monoisotopic (exact) mass is 556 g/mol. The lowest BCUT2D eigenvalue weighted by molar-refractivity contribution is -0.134. The predicted octanol–water partition coefficient (Wildman–Crippen LogP) is 3.11. The summed E-state index contributed by atoms with van der Waals surface area (Å²) in [4.78, 5) is 51.8. The summed E-state index contributed by atoms with van der Waals surface area (Å²) >= 11 is 7.11. The van der Waals surface area contributed by atoms with Crippen LogP contribution in [0.4, 0.5) is 0 Å². The van der Waals surface area contributed by atoms with E-state index in [0.717, 1.165) is 19.4 Å². The highest BCUT2D eigenvalue weighted by Gasteiger charge is 2.19. The van der Waals surface area contributed by atoms with Gasteiger partial charge in [0.25, 0.3) is 17.4 Å². The molecule has 1 aromatic carbocycles. The van der Waals surface area contributed by atoms with Crippen molar-refractivity contribution in [1.29, 1.82) is 0 Å². The lowest BCUT2D eigenvalue weighted by atomic mass is 10.1. The molecule has 3 aromatic rings. The van der Waals surface area contributed by atoms with E-state index < -0.39 is 6.04 Å². The van der Waals surface area contributed by atoms with Gasteiger partial charge in [0.05, 0.1) is 28.5 Å². The van der Waals surface area contributed by atoms with Crippen LogP contribution >= 0.6 is 22.9 Å². The van der Waals surface area contributed by atoms with Gasteiger partial charge in [0.1, 0.15) is 0 Å². The molecule has 4 rings (SSSR count). The summed E-state index contributed by atoms with van der Waals surface area (Å²) in [6.45, 7) is 1.83. The Morgan fingerprint density at radius 3 is 2.55 bits per heavy atom. The Hall–Kier alpha value is -3.47. The van der Waals surface area contributed by atoms with Crippen molar-refractivity contribution < 1.29 is 19.1 Å². The molecule has 3 amide bonds. The van der Waals surface area contributed by atoms with Gasteiger partial charge in [-0.1, -0.05) is 17.7 Å². The van der Waals surface area contributed by atoms with Crippen LogP contribution < -0.4 is 16.2 Å². The van der Waals surface area contributed by atoms with Crippen molar-refractivity contribution in [3.8, 4) is 5.69 Å². The van der Waals surface area contributed by atoms with E-state index >= 15 is 0 Å². The molecule has 1 saturated heterocycles. The van der Waals surface area contributed by atoms with Crippen LogP contribution in [-0.4, -0.2) is 66.1 Å². The van der Waals surface area contributed by atoms with Crippen LogP contribution in [0.15, 0.2) is 65.6 Å². The number of halogens is 1. The molecule has 0 saturated carbocycles. The highest BCUT2D eigenvalue weighted by atomic mass is 35.5. The van der Waals surface area contributed by atoms with Crippen LogP contribution in [0.2, 0.25) is 4.34 Å². The second-order valence-electron chi connectivity index (χ2n) is 8.85. The first kappa shape index (κ1) is 27.6. The van der Waals surface area contributed by atoms with Crippen molar-refractivity contribution in [3.05, 3.63) is 85.9 Å². The van der Waals surface area contributed by atoms with Crippen molar-refractivity contribution in [1.82, 2.24) is 20.1 Å². The number of rotatable bonds is 11. The Morgan fingerprint density at radius 1 is 1.03 bits per heavy atom. The van der Waals surface area contributed by atoms with Crippen LogP contribution in [0.25, 0.3) is 5.69 Å². The van der Waals surface area contributed by atoms with Crippen molar-refractivity contribution in [2.45, 2.75) is 25.3 Å². The number of pyridine rings is 1. The molecule has 1 fully saturated rings. The van der Waals surface area contributed by atoms with Gasteiger partial charge in [-0.05, 0) is 55.3 Å². The minimum atomic E-state index is -0.518. The first-order chi connectivity index (χ1) is 18.4. The van der Waals surface area contributed by atoms with Gasteiger partial charge >= 0.3 is 0 Å². The molecule has 1 atom stereocenters. The number of carbonyl (C=O) groups excluding carboxylic acids is 3. The first-order valence-corrected chi connectivity index (χ1v) is 13.6. The largest absolute Gasteiger partial charge is 0.377 e. The third kappa shape index (κ3) is 7.53. The van der Waals surface area contributed by atoms with E-state index in [2.05, 4.69) is 10.6 Å². The Bertz CT molecular complexity index is 1320. The smallest absolute Gasteiger partial charge is 0.261 e. The Kier molecular flexibility index (Phi) is 9.69. The number of nitrogens with one attached hydrogen (secondary N) is 2.